The molecule has 6 heteroatoms. The van der Waals surface area contributed by atoms with Gasteiger partial charge in [0, 0.05) is 42.2 Å². The highest BCUT2D eigenvalue weighted by Crippen LogP contribution is 2.27. The minimum atomic E-state index is -0.283. The van der Waals surface area contributed by atoms with Gasteiger partial charge in [-0.05, 0) is 49.7 Å². The van der Waals surface area contributed by atoms with E-state index in [-0.39, 0.29) is 11.7 Å². The van der Waals surface area contributed by atoms with Crippen LogP contribution in [-0.4, -0.2) is 28.0 Å². The Kier molecular flexibility index (Phi) is 5.34. The van der Waals surface area contributed by atoms with Crippen molar-refractivity contribution in [3.8, 4) is 11.3 Å². The Morgan fingerprint density at radius 2 is 2.04 bits per heavy atom. The number of anilines is 2. The summed E-state index contributed by atoms with van der Waals surface area (Å²) < 4.78 is 13.5. The molecule has 1 aliphatic heterocycles. The zero-order chi connectivity index (χ0) is 18.5. The minimum Gasteiger partial charge on any atom is -0.340 e. The van der Waals surface area contributed by atoms with Gasteiger partial charge in [-0.3, -0.25) is 4.98 Å². The van der Waals surface area contributed by atoms with Gasteiger partial charge in [-0.2, -0.15) is 0 Å². The van der Waals surface area contributed by atoms with Crippen molar-refractivity contribution in [2.75, 3.05) is 18.4 Å². The first-order chi connectivity index (χ1) is 13.3. The van der Waals surface area contributed by atoms with Crippen molar-refractivity contribution in [2.24, 2.45) is 0 Å². The molecule has 138 valence electrons. The fourth-order valence-corrected chi connectivity index (χ4v) is 3.33. The predicted molar refractivity (Wildman–Crippen MR) is 104 cm³/mol. The van der Waals surface area contributed by atoms with E-state index in [1.54, 1.807) is 18.5 Å². The van der Waals surface area contributed by atoms with E-state index in [9.17, 15) is 4.39 Å². The third-order valence-electron chi connectivity index (χ3n) is 4.71. The summed E-state index contributed by atoms with van der Waals surface area (Å²) >= 11 is 0. The third kappa shape index (κ3) is 4.46. The maximum absolute atomic E-state index is 13.5. The van der Waals surface area contributed by atoms with Gasteiger partial charge in [0.25, 0.3) is 0 Å². The molecule has 1 fully saturated rings. The highest BCUT2D eigenvalue weighted by Gasteiger charge is 2.19. The molecule has 3 aromatic rings. The lowest BCUT2D eigenvalue weighted by Gasteiger charge is -2.16. The van der Waals surface area contributed by atoms with Crippen LogP contribution in [0.3, 0.4) is 0 Å². The van der Waals surface area contributed by atoms with E-state index >= 15 is 0 Å². The second-order valence-corrected chi connectivity index (χ2v) is 6.77. The fourth-order valence-electron chi connectivity index (χ4n) is 3.33. The molecule has 2 N–H and O–H groups in total. The second-order valence-electron chi connectivity index (χ2n) is 6.77. The van der Waals surface area contributed by atoms with Crippen molar-refractivity contribution < 1.29 is 4.39 Å². The molecule has 0 amide bonds. The van der Waals surface area contributed by atoms with Gasteiger partial charge in [0.05, 0.1) is 5.69 Å². The van der Waals surface area contributed by atoms with E-state index in [0.29, 0.717) is 11.5 Å². The molecule has 1 aliphatic rings. The molecule has 27 heavy (non-hydrogen) atoms. The summed E-state index contributed by atoms with van der Waals surface area (Å²) in [6.45, 7) is 1.91. The highest BCUT2D eigenvalue weighted by atomic mass is 19.1. The van der Waals surface area contributed by atoms with Crippen molar-refractivity contribution in [1.82, 2.24) is 20.3 Å². The number of nitrogens with zero attached hydrogens (tertiary/aromatic N) is 3. The number of hydrogen-bond donors (Lipinski definition) is 2. The molecule has 0 spiro atoms. The van der Waals surface area contributed by atoms with Gasteiger partial charge in [-0.25, -0.2) is 14.4 Å². The van der Waals surface area contributed by atoms with Crippen LogP contribution in [0.2, 0.25) is 0 Å². The van der Waals surface area contributed by atoms with Crippen molar-refractivity contribution in [3.05, 3.63) is 66.5 Å². The summed E-state index contributed by atoms with van der Waals surface area (Å²) in [5.41, 5.74) is 2.41. The van der Waals surface area contributed by atoms with Crippen LogP contribution in [0.1, 0.15) is 31.0 Å². The standard InChI is InChI=1S/C21H22FN5/c22-17-7-3-8-18(11-17)25-20-12-19(15-6-4-10-24-13-15)26-21(27-20)16-5-1-2-9-23-14-16/h3-4,6-8,10-13,16,23H,1-2,5,9,14H2,(H,25,26,27). The lowest BCUT2D eigenvalue weighted by molar-refractivity contribution is 0.579. The normalized spacial score (nSPS) is 17.3. The van der Waals surface area contributed by atoms with Gasteiger partial charge in [-0.1, -0.05) is 12.5 Å². The smallest absolute Gasteiger partial charge is 0.135 e. The van der Waals surface area contributed by atoms with Gasteiger partial charge >= 0.3 is 0 Å². The van der Waals surface area contributed by atoms with Crippen molar-refractivity contribution in [2.45, 2.75) is 25.2 Å². The van der Waals surface area contributed by atoms with Crippen LogP contribution in [0, 0.1) is 5.82 Å². The summed E-state index contributed by atoms with van der Waals surface area (Å²) in [7, 11) is 0. The molecular formula is C21H22FN5. The van der Waals surface area contributed by atoms with Gasteiger partial charge in [0.2, 0.25) is 0 Å². The van der Waals surface area contributed by atoms with Gasteiger partial charge in [0.1, 0.15) is 17.5 Å². The summed E-state index contributed by atoms with van der Waals surface area (Å²) in [5, 5.41) is 6.69. The molecule has 3 heterocycles. The molecule has 1 aromatic carbocycles. The lowest BCUT2D eigenvalue weighted by Crippen LogP contribution is -2.21. The first kappa shape index (κ1) is 17.5. The van der Waals surface area contributed by atoms with Gasteiger partial charge in [-0.15, -0.1) is 0 Å². The molecule has 1 unspecified atom stereocenters. The first-order valence-electron chi connectivity index (χ1n) is 9.30. The van der Waals surface area contributed by atoms with E-state index in [0.717, 1.165) is 43.0 Å². The Morgan fingerprint density at radius 3 is 2.89 bits per heavy atom. The fraction of sp³-hybridized carbons (Fsp3) is 0.286. The van der Waals surface area contributed by atoms with E-state index in [1.807, 2.05) is 24.3 Å². The van der Waals surface area contributed by atoms with Crippen molar-refractivity contribution in [3.63, 3.8) is 0 Å². The maximum atomic E-state index is 13.5. The Labute approximate surface area is 158 Å². The Bertz CT molecular complexity index is 892. The average molecular weight is 363 g/mol. The van der Waals surface area contributed by atoms with Crippen molar-refractivity contribution >= 4 is 11.5 Å². The quantitative estimate of drug-likeness (QED) is 0.724. The molecule has 1 saturated heterocycles. The van der Waals surface area contributed by atoms with E-state index in [2.05, 4.69) is 15.6 Å². The number of pyridine rings is 1. The zero-order valence-electron chi connectivity index (χ0n) is 15.0. The minimum absolute atomic E-state index is 0.261. The molecule has 0 radical (unpaired) electrons. The average Bonchev–Trinajstić information content (AvgIpc) is 2.98. The summed E-state index contributed by atoms with van der Waals surface area (Å²) in [5.74, 6) is 1.45. The topological polar surface area (TPSA) is 62.7 Å². The summed E-state index contributed by atoms with van der Waals surface area (Å²) in [6.07, 6.45) is 6.93. The third-order valence-corrected chi connectivity index (χ3v) is 4.71. The Hall–Kier alpha value is -2.86. The van der Waals surface area contributed by atoms with Crippen molar-refractivity contribution in [1.29, 1.82) is 0 Å². The summed E-state index contributed by atoms with van der Waals surface area (Å²) in [6, 6.07) is 12.1. The van der Waals surface area contributed by atoms with E-state index in [1.165, 1.54) is 18.6 Å². The summed E-state index contributed by atoms with van der Waals surface area (Å²) in [4.78, 5) is 13.8. The van der Waals surface area contributed by atoms with Crippen LogP contribution in [0.5, 0.6) is 0 Å². The van der Waals surface area contributed by atoms with Gasteiger partial charge < -0.3 is 10.6 Å². The SMILES string of the molecule is Fc1cccc(Nc2cc(-c3cccnc3)nc(C3CCCCNC3)n2)c1. The van der Waals surface area contributed by atoms with Gasteiger partial charge in [0.15, 0.2) is 0 Å². The number of hydrogen-bond acceptors (Lipinski definition) is 5. The molecular weight excluding hydrogens is 341 g/mol. The van der Waals surface area contributed by atoms with Crippen LogP contribution < -0.4 is 10.6 Å². The van der Waals surface area contributed by atoms with E-state index in [4.69, 9.17) is 9.97 Å². The van der Waals surface area contributed by atoms with Crippen LogP contribution in [-0.2, 0) is 0 Å². The number of benzene rings is 1. The van der Waals surface area contributed by atoms with Crippen LogP contribution in [0.15, 0.2) is 54.9 Å². The molecule has 2 aromatic heterocycles. The number of aromatic nitrogens is 3. The zero-order valence-corrected chi connectivity index (χ0v) is 15.0. The van der Waals surface area contributed by atoms with Crippen LogP contribution in [0.25, 0.3) is 11.3 Å². The number of nitrogens with one attached hydrogen (secondary N) is 2. The lowest BCUT2D eigenvalue weighted by atomic mass is 10.0. The Morgan fingerprint density at radius 1 is 1.07 bits per heavy atom. The van der Waals surface area contributed by atoms with Crippen LogP contribution >= 0.6 is 0 Å². The number of halogens is 1. The number of rotatable bonds is 4. The monoisotopic (exact) mass is 363 g/mol. The second kappa shape index (κ2) is 8.22. The van der Waals surface area contributed by atoms with Crippen LogP contribution in [0.4, 0.5) is 15.9 Å². The molecule has 5 nitrogen and oxygen atoms in total. The Balaban J connectivity index is 1.71. The molecule has 4 rings (SSSR count). The largest absolute Gasteiger partial charge is 0.340 e. The predicted octanol–water partition coefficient (Wildman–Crippen LogP) is 4.28. The molecule has 0 aliphatic carbocycles. The molecule has 0 bridgehead atoms. The highest BCUT2D eigenvalue weighted by molar-refractivity contribution is 5.65. The first-order valence-corrected chi connectivity index (χ1v) is 9.30. The molecule has 0 saturated carbocycles. The van der Waals surface area contributed by atoms with E-state index < -0.39 is 0 Å². The maximum Gasteiger partial charge on any atom is 0.135 e. The molecule has 1 atom stereocenters.